The normalized spacial score (nSPS) is 20.1. The molecule has 0 fully saturated rings. The van der Waals surface area contributed by atoms with Gasteiger partial charge in [0.25, 0.3) is 0 Å². The number of halogens is 1. The molecule has 1 aromatic rings. The first kappa shape index (κ1) is 7.36. The van der Waals surface area contributed by atoms with Crippen molar-refractivity contribution in [1.29, 1.82) is 0 Å². The summed E-state index contributed by atoms with van der Waals surface area (Å²) in [5, 5.41) is 0. The first-order chi connectivity index (χ1) is 5.11. The van der Waals surface area contributed by atoms with Gasteiger partial charge in [0.05, 0.1) is 15.3 Å². The fourth-order valence-corrected chi connectivity index (χ4v) is 3.44. The van der Waals surface area contributed by atoms with Crippen LogP contribution in [0.1, 0.15) is 5.56 Å². The Balaban J connectivity index is 2.75. The largest absolute Gasteiger partial charge is 0.354 e. The summed E-state index contributed by atoms with van der Waals surface area (Å²) in [6, 6.07) is 0. The van der Waals surface area contributed by atoms with Crippen molar-refractivity contribution in [3.63, 3.8) is 0 Å². The number of fused-ring (bicyclic) bond motifs is 1. The van der Waals surface area contributed by atoms with Gasteiger partial charge in [-0.2, -0.15) is 0 Å². The second kappa shape index (κ2) is 2.10. The van der Waals surface area contributed by atoms with Crippen LogP contribution >= 0.6 is 15.9 Å². The lowest BCUT2D eigenvalue weighted by Gasteiger charge is -1.86. The van der Waals surface area contributed by atoms with Crippen molar-refractivity contribution in [3.8, 4) is 0 Å². The van der Waals surface area contributed by atoms with Gasteiger partial charge in [-0.05, 0) is 22.4 Å². The van der Waals surface area contributed by atoms with Gasteiger partial charge < -0.3 is 4.98 Å². The van der Waals surface area contributed by atoms with Crippen molar-refractivity contribution >= 4 is 25.8 Å². The van der Waals surface area contributed by atoms with Gasteiger partial charge >= 0.3 is 0 Å². The van der Waals surface area contributed by atoms with E-state index in [2.05, 4.69) is 20.9 Å². The van der Waals surface area contributed by atoms with Crippen LogP contribution in [-0.4, -0.2) is 19.2 Å². The van der Waals surface area contributed by atoms with Gasteiger partial charge in [0.15, 0.2) is 9.84 Å². The van der Waals surface area contributed by atoms with E-state index in [0.717, 1.165) is 10.2 Å². The number of nitrogens with one attached hydrogen (secondary N) is 1. The highest BCUT2D eigenvalue weighted by molar-refractivity contribution is 9.10. The SMILES string of the molecule is O=S1(=O)CCc2c1c[nH]c2Br. The summed E-state index contributed by atoms with van der Waals surface area (Å²) in [4.78, 5) is 3.29. The Labute approximate surface area is 72.9 Å². The molecule has 0 aliphatic carbocycles. The zero-order valence-corrected chi connectivity index (χ0v) is 8.00. The van der Waals surface area contributed by atoms with Crippen molar-refractivity contribution in [2.45, 2.75) is 11.3 Å². The van der Waals surface area contributed by atoms with Crippen LogP contribution in [0.25, 0.3) is 0 Å². The van der Waals surface area contributed by atoms with E-state index in [-0.39, 0.29) is 5.75 Å². The van der Waals surface area contributed by atoms with Gasteiger partial charge in [-0.3, -0.25) is 0 Å². The number of H-pyrrole nitrogens is 1. The van der Waals surface area contributed by atoms with E-state index in [0.29, 0.717) is 11.3 Å². The topological polar surface area (TPSA) is 49.9 Å². The summed E-state index contributed by atoms with van der Waals surface area (Å²) in [7, 11) is -2.95. The molecule has 0 aromatic carbocycles. The van der Waals surface area contributed by atoms with Crippen molar-refractivity contribution in [3.05, 3.63) is 16.4 Å². The van der Waals surface area contributed by atoms with Crippen LogP contribution in [0.2, 0.25) is 0 Å². The molecule has 1 aliphatic heterocycles. The van der Waals surface area contributed by atoms with E-state index in [1.165, 1.54) is 0 Å². The Morgan fingerprint density at radius 1 is 1.55 bits per heavy atom. The molecular formula is C6H6BrNO2S. The molecule has 0 radical (unpaired) electrons. The first-order valence-corrected chi connectivity index (χ1v) is 5.64. The van der Waals surface area contributed by atoms with Crippen molar-refractivity contribution in [2.75, 3.05) is 5.75 Å². The summed E-state index contributed by atoms with van der Waals surface area (Å²) < 4.78 is 23.3. The molecule has 1 N–H and O–H groups in total. The number of aromatic amines is 1. The monoisotopic (exact) mass is 235 g/mol. The van der Waals surface area contributed by atoms with Crippen LogP contribution in [0.5, 0.6) is 0 Å². The molecule has 0 unspecified atom stereocenters. The van der Waals surface area contributed by atoms with Gasteiger partial charge in [-0.25, -0.2) is 8.42 Å². The second-order valence-electron chi connectivity index (χ2n) is 2.51. The highest BCUT2D eigenvalue weighted by Gasteiger charge is 2.28. The number of hydrogen-bond acceptors (Lipinski definition) is 2. The molecule has 11 heavy (non-hydrogen) atoms. The van der Waals surface area contributed by atoms with Crippen LogP contribution in [0.3, 0.4) is 0 Å². The van der Waals surface area contributed by atoms with E-state index in [1.54, 1.807) is 6.20 Å². The quantitative estimate of drug-likeness (QED) is 0.733. The Hall–Kier alpha value is -0.290. The Morgan fingerprint density at radius 2 is 2.27 bits per heavy atom. The third kappa shape index (κ3) is 0.945. The first-order valence-electron chi connectivity index (χ1n) is 3.20. The summed E-state index contributed by atoms with van der Waals surface area (Å²) in [5.41, 5.74) is 0.894. The molecule has 0 amide bonds. The van der Waals surface area contributed by atoms with Crippen molar-refractivity contribution < 1.29 is 8.42 Å². The summed E-state index contributed by atoms with van der Waals surface area (Å²) >= 11 is 3.25. The minimum Gasteiger partial charge on any atom is -0.354 e. The predicted octanol–water partition coefficient (Wildman–Crippen LogP) is 1.11. The molecule has 0 saturated carbocycles. The maximum atomic E-state index is 11.2. The second-order valence-corrected chi connectivity index (χ2v) is 5.38. The van der Waals surface area contributed by atoms with Crippen LogP contribution in [0, 0.1) is 0 Å². The van der Waals surface area contributed by atoms with Crippen LogP contribution in [0.15, 0.2) is 15.7 Å². The molecule has 0 atom stereocenters. The van der Waals surface area contributed by atoms with Gasteiger partial charge in [0.2, 0.25) is 0 Å². The maximum absolute atomic E-state index is 11.2. The van der Waals surface area contributed by atoms with Crippen LogP contribution in [0.4, 0.5) is 0 Å². The fourth-order valence-electron chi connectivity index (χ4n) is 1.27. The van der Waals surface area contributed by atoms with E-state index < -0.39 is 9.84 Å². The van der Waals surface area contributed by atoms with E-state index in [4.69, 9.17) is 0 Å². The molecule has 1 aromatic heterocycles. The van der Waals surface area contributed by atoms with Gasteiger partial charge in [0, 0.05) is 11.8 Å². The summed E-state index contributed by atoms with van der Waals surface area (Å²) in [6.45, 7) is 0. The molecule has 2 rings (SSSR count). The zero-order chi connectivity index (χ0) is 8.06. The molecule has 0 saturated heterocycles. The third-order valence-corrected chi connectivity index (χ3v) is 4.33. The lowest BCUT2D eigenvalue weighted by atomic mass is 10.3. The predicted molar refractivity (Wildman–Crippen MR) is 44.2 cm³/mol. The van der Waals surface area contributed by atoms with Gasteiger partial charge in [-0.15, -0.1) is 0 Å². The number of hydrogen-bond donors (Lipinski definition) is 1. The molecular weight excluding hydrogens is 230 g/mol. The standard InChI is InChI=1S/C6H6BrNO2S/c7-6-4-1-2-11(9,10)5(4)3-8-6/h3,8H,1-2H2. The molecule has 0 bridgehead atoms. The van der Waals surface area contributed by atoms with E-state index in [1.807, 2.05) is 0 Å². The molecule has 2 heterocycles. The van der Waals surface area contributed by atoms with Crippen molar-refractivity contribution in [2.24, 2.45) is 0 Å². The number of rotatable bonds is 0. The third-order valence-electron chi connectivity index (χ3n) is 1.85. The smallest absolute Gasteiger partial charge is 0.180 e. The van der Waals surface area contributed by atoms with Crippen molar-refractivity contribution in [1.82, 2.24) is 4.98 Å². The zero-order valence-electron chi connectivity index (χ0n) is 5.59. The summed E-state index contributed by atoms with van der Waals surface area (Å²) in [5.74, 6) is 0.255. The highest BCUT2D eigenvalue weighted by Crippen LogP contribution is 2.30. The molecule has 3 nitrogen and oxygen atoms in total. The van der Waals surface area contributed by atoms with Crippen LogP contribution < -0.4 is 0 Å². The summed E-state index contributed by atoms with van der Waals surface area (Å²) in [6.07, 6.45) is 2.17. The fraction of sp³-hybridized carbons (Fsp3) is 0.333. The minimum absolute atomic E-state index is 0.255. The molecule has 1 aliphatic rings. The lowest BCUT2D eigenvalue weighted by Crippen LogP contribution is -1.98. The van der Waals surface area contributed by atoms with Gasteiger partial charge in [-0.1, -0.05) is 0 Å². The average molecular weight is 236 g/mol. The van der Waals surface area contributed by atoms with E-state index in [9.17, 15) is 8.42 Å². The Morgan fingerprint density at radius 3 is 2.91 bits per heavy atom. The molecule has 60 valence electrons. The van der Waals surface area contributed by atoms with Crippen LogP contribution in [-0.2, 0) is 16.3 Å². The van der Waals surface area contributed by atoms with Gasteiger partial charge in [0.1, 0.15) is 0 Å². The molecule has 5 heteroatoms. The highest BCUT2D eigenvalue weighted by atomic mass is 79.9. The molecule has 0 spiro atoms. The average Bonchev–Trinajstić information content (AvgIpc) is 2.39. The maximum Gasteiger partial charge on any atom is 0.180 e. The lowest BCUT2D eigenvalue weighted by molar-refractivity contribution is 0.600. The van der Waals surface area contributed by atoms with E-state index >= 15 is 0 Å². The Bertz CT molecular complexity index is 393. The Kier molecular flexibility index (Phi) is 1.41. The number of sulfone groups is 1. The minimum atomic E-state index is -2.95. The number of aromatic nitrogens is 1.